The molecule has 1 amide bonds. The van der Waals surface area contributed by atoms with Gasteiger partial charge in [0, 0.05) is 38.2 Å². The summed E-state index contributed by atoms with van der Waals surface area (Å²) >= 11 is 0. The summed E-state index contributed by atoms with van der Waals surface area (Å²) < 4.78 is 23.3. The molecule has 9 heteroatoms. The van der Waals surface area contributed by atoms with Crippen molar-refractivity contribution in [2.45, 2.75) is 59.1 Å². The van der Waals surface area contributed by atoms with Crippen LogP contribution in [-0.4, -0.2) is 85.3 Å². The minimum Gasteiger partial charge on any atom is -0.507 e. The van der Waals surface area contributed by atoms with Gasteiger partial charge in [-0.3, -0.25) is 14.5 Å². The summed E-state index contributed by atoms with van der Waals surface area (Å²) in [6.07, 6.45) is 2.35. The molecule has 0 unspecified atom stereocenters. The molecule has 3 heterocycles. The average Bonchev–Trinajstić information content (AvgIpc) is 3.49. The minimum absolute atomic E-state index is 0.0442. The van der Waals surface area contributed by atoms with Crippen molar-refractivity contribution in [1.29, 1.82) is 0 Å². The molecule has 2 aromatic rings. The third-order valence-corrected chi connectivity index (χ3v) is 8.22. The number of Topliss-reactive ketones (excluding diaryl/α,β-unsaturated/α-hetero) is 1. The Morgan fingerprint density at radius 3 is 2.58 bits per heavy atom. The van der Waals surface area contributed by atoms with Gasteiger partial charge in [-0.1, -0.05) is 19.9 Å². The van der Waals surface area contributed by atoms with Gasteiger partial charge in [-0.15, -0.1) is 0 Å². The first kappa shape index (κ1) is 30.9. The Morgan fingerprint density at radius 2 is 1.84 bits per heavy atom. The van der Waals surface area contributed by atoms with E-state index in [-0.39, 0.29) is 17.4 Å². The second-order valence-corrected chi connectivity index (χ2v) is 11.9. The zero-order valence-corrected chi connectivity index (χ0v) is 25.8. The lowest BCUT2D eigenvalue weighted by Crippen LogP contribution is -2.39. The summed E-state index contributed by atoms with van der Waals surface area (Å²) in [6.45, 7) is 13.4. The molecule has 9 nitrogen and oxygen atoms in total. The van der Waals surface area contributed by atoms with Crippen molar-refractivity contribution in [3.63, 3.8) is 0 Å². The predicted octanol–water partition coefficient (Wildman–Crippen LogP) is 4.98. The number of ketones is 1. The number of fused-ring (bicyclic) bond motifs is 1. The second kappa shape index (κ2) is 13.8. The number of rotatable bonds is 12. The van der Waals surface area contributed by atoms with Gasteiger partial charge in [-0.05, 0) is 74.1 Å². The van der Waals surface area contributed by atoms with Gasteiger partial charge in [0.15, 0.2) is 11.5 Å². The standard InChI is InChI=1S/C34H44N2O7/c1-5-41-29-21-24(7-10-28(29)42-16-11-22(2)3)31-30(32(37)25-8-9-27-26(20-25)19-23(4)43-27)33(38)34(39)36(31)13-6-12-35-14-17-40-18-15-35/h7-10,20-23,31,37H,5-6,11-19H2,1-4H3/b32-30+/t23-,31-/m1/s1. The molecule has 0 bridgehead atoms. The number of benzene rings is 2. The fraction of sp³-hybridized carbons (Fsp3) is 0.529. The van der Waals surface area contributed by atoms with E-state index in [9.17, 15) is 14.7 Å². The van der Waals surface area contributed by atoms with Crippen molar-refractivity contribution in [3.05, 3.63) is 58.7 Å². The number of amides is 1. The van der Waals surface area contributed by atoms with Gasteiger partial charge in [-0.25, -0.2) is 0 Å². The first-order valence-electron chi connectivity index (χ1n) is 15.5. The summed E-state index contributed by atoms with van der Waals surface area (Å²) in [4.78, 5) is 31.1. The molecule has 2 atom stereocenters. The molecular weight excluding hydrogens is 548 g/mol. The lowest BCUT2D eigenvalue weighted by atomic mass is 9.94. The Bertz CT molecular complexity index is 1350. The van der Waals surface area contributed by atoms with E-state index in [1.165, 1.54) is 0 Å². The van der Waals surface area contributed by atoms with Crippen LogP contribution in [-0.2, 0) is 20.7 Å². The van der Waals surface area contributed by atoms with Crippen LogP contribution in [0.2, 0.25) is 0 Å². The van der Waals surface area contributed by atoms with Crippen LogP contribution in [0.25, 0.3) is 5.76 Å². The first-order chi connectivity index (χ1) is 20.8. The summed E-state index contributed by atoms with van der Waals surface area (Å²) in [5.41, 5.74) is 2.23. The lowest BCUT2D eigenvalue weighted by Gasteiger charge is -2.29. The van der Waals surface area contributed by atoms with E-state index in [4.69, 9.17) is 18.9 Å². The number of morpholine rings is 1. The number of hydrogen-bond acceptors (Lipinski definition) is 8. The van der Waals surface area contributed by atoms with Gasteiger partial charge < -0.3 is 29.0 Å². The molecule has 0 spiro atoms. The molecule has 1 N–H and O–H groups in total. The highest BCUT2D eigenvalue weighted by Crippen LogP contribution is 2.43. The normalized spacial score (nSPS) is 21.7. The van der Waals surface area contributed by atoms with Crippen LogP contribution in [0.3, 0.4) is 0 Å². The van der Waals surface area contributed by atoms with Gasteiger partial charge in [0.1, 0.15) is 17.6 Å². The molecule has 2 fully saturated rings. The van der Waals surface area contributed by atoms with Crippen LogP contribution in [0.15, 0.2) is 42.0 Å². The molecule has 0 aliphatic carbocycles. The number of aliphatic hydroxyl groups is 1. The third-order valence-electron chi connectivity index (χ3n) is 8.22. The lowest BCUT2D eigenvalue weighted by molar-refractivity contribution is -0.140. The molecular formula is C34H44N2O7. The van der Waals surface area contributed by atoms with Crippen LogP contribution < -0.4 is 14.2 Å². The van der Waals surface area contributed by atoms with E-state index >= 15 is 0 Å². The van der Waals surface area contributed by atoms with Crippen molar-refractivity contribution in [3.8, 4) is 17.2 Å². The van der Waals surface area contributed by atoms with Gasteiger partial charge in [0.05, 0.1) is 38.0 Å². The van der Waals surface area contributed by atoms with E-state index in [0.29, 0.717) is 74.4 Å². The van der Waals surface area contributed by atoms with Crippen molar-refractivity contribution >= 4 is 17.4 Å². The van der Waals surface area contributed by atoms with Crippen LogP contribution in [0.5, 0.6) is 17.2 Å². The molecule has 0 radical (unpaired) electrons. The van der Waals surface area contributed by atoms with Crippen LogP contribution in [0.1, 0.15) is 63.3 Å². The number of hydrogen-bond donors (Lipinski definition) is 1. The van der Waals surface area contributed by atoms with E-state index in [1.807, 2.05) is 44.2 Å². The number of likely N-dealkylation sites (tertiary alicyclic amines) is 1. The smallest absolute Gasteiger partial charge is 0.295 e. The molecule has 3 aliphatic rings. The molecule has 3 aliphatic heterocycles. The van der Waals surface area contributed by atoms with Crippen LogP contribution in [0.4, 0.5) is 0 Å². The summed E-state index contributed by atoms with van der Waals surface area (Å²) in [7, 11) is 0. The zero-order chi connectivity index (χ0) is 30.5. The Hall–Kier alpha value is -3.56. The number of nitrogens with zero attached hydrogens (tertiary/aromatic N) is 2. The molecule has 0 aromatic heterocycles. The summed E-state index contributed by atoms with van der Waals surface area (Å²) in [6, 6.07) is 10.2. The van der Waals surface area contributed by atoms with E-state index < -0.39 is 17.7 Å². The molecule has 43 heavy (non-hydrogen) atoms. The minimum atomic E-state index is -0.767. The maximum atomic E-state index is 13.6. The molecule has 5 rings (SSSR count). The second-order valence-electron chi connectivity index (χ2n) is 11.9. The number of carbonyl (C=O) groups is 2. The Balaban J connectivity index is 1.50. The van der Waals surface area contributed by atoms with E-state index in [1.54, 1.807) is 11.0 Å². The highest BCUT2D eigenvalue weighted by molar-refractivity contribution is 6.46. The highest BCUT2D eigenvalue weighted by Gasteiger charge is 2.46. The zero-order valence-electron chi connectivity index (χ0n) is 25.8. The van der Waals surface area contributed by atoms with Crippen LogP contribution in [0, 0.1) is 5.92 Å². The number of ether oxygens (including phenoxy) is 4. The van der Waals surface area contributed by atoms with Crippen molar-refractivity contribution in [2.24, 2.45) is 5.92 Å². The monoisotopic (exact) mass is 592 g/mol. The van der Waals surface area contributed by atoms with Gasteiger partial charge in [0.25, 0.3) is 11.7 Å². The highest BCUT2D eigenvalue weighted by atomic mass is 16.5. The van der Waals surface area contributed by atoms with Gasteiger partial charge >= 0.3 is 0 Å². The van der Waals surface area contributed by atoms with Gasteiger partial charge in [-0.2, -0.15) is 0 Å². The molecule has 2 saturated heterocycles. The fourth-order valence-corrected chi connectivity index (χ4v) is 5.96. The van der Waals surface area contributed by atoms with Crippen LogP contribution >= 0.6 is 0 Å². The Kier molecular flexibility index (Phi) is 9.93. The number of carbonyl (C=O) groups excluding carboxylic acids is 2. The SMILES string of the molecule is CCOc1cc([C@@H]2/C(=C(\O)c3ccc4c(c3)C[C@@H](C)O4)C(=O)C(=O)N2CCCN2CCOCC2)ccc1OCCC(C)C. The Labute approximate surface area is 254 Å². The molecule has 2 aromatic carbocycles. The quantitative estimate of drug-likeness (QED) is 0.210. The van der Waals surface area contributed by atoms with E-state index in [2.05, 4.69) is 18.7 Å². The average molecular weight is 593 g/mol. The molecule has 0 saturated carbocycles. The maximum Gasteiger partial charge on any atom is 0.295 e. The first-order valence-corrected chi connectivity index (χ1v) is 15.5. The fourth-order valence-electron chi connectivity index (χ4n) is 5.96. The van der Waals surface area contributed by atoms with Crippen molar-refractivity contribution in [1.82, 2.24) is 9.80 Å². The summed E-state index contributed by atoms with van der Waals surface area (Å²) in [5.74, 6) is 0.960. The van der Waals surface area contributed by atoms with Crippen molar-refractivity contribution in [2.75, 3.05) is 52.6 Å². The largest absolute Gasteiger partial charge is 0.507 e. The topological polar surface area (TPSA) is 97.8 Å². The maximum absolute atomic E-state index is 13.6. The third kappa shape index (κ3) is 6.99. The predicted molar refractivity (Wildman–Crippen MR) is 164 cm³/mol. The Morgan fingerprint density at radius 1 is 1.05 bits per heavy atom. The van der Waals surface area contributed by atoms with Crippen molar-refractivity contribution < 1.29 is 33.6 Å². The van der Waals surface area contributed by atoms with E-state index in [0.717, 1.165) is 37.4 Å². The summed E-state index contributed by atoms with van der Waals surface area (Å²) in [5, 5.41) is 11.6. The van der Waals surface area contributed by atoms with Gasteiger partial charge in [0.2, 0.25) is 0 Å². The molecule has 232 valence electrons. The number of aliphatic hydroxyl groups excluding tert-OH is 1.